The Balaban J connectivity index is 1.33. The zero-order valence-corrected chi connectivity index (χ0v) is 22.8. The smallest absolute Gasteiger partial charge is 0.161 e. The first-order valence-corrected chi connectivity index (χ1v) is 14.4. The van der Waals surface area contributed by atoms with Crippen molar-refractivity contribution in [3.63, 3.8) is 0 Å². The van der Waals surface area contributed by atoms with Gasteiger partial charge in [-0.25, -0.2) is 9.97 Å². The molecule has 0 bridgehead atoms. The molecule has 0 N–H and O–H groups in total. The molecule has 0 atom stereocenters. The second kappa shape index (κ2) is 9.02. The molecular formula is C38H25N3O. The van der Waals surface area contributed by atoms with E-state index < -0.39 is 0 Å². The standard InChI is InChI=1S/C38H25N3O/c1-2-12-24(13-3-1)36-27-16-4-7-19-30(27)39-38(40-36)29-18-11-23-34-35(29)28-17-10-22-33(37(28)42-34)41-31-20-8-5-14-25(31)26-15-6-9-21-32(26)41/h1-5,7-14,16-23H,6,15H2. The van der Waals surface area contributed by atoms with Crippen molar-refractivity contribution in [2.24, 2.45) is 0 Å². The lowest BCUT2D eigenvalue weighted by Crippen LogP contribution is -2.00. The Morgan fingerprint density at radius 2 is 1.45 bits per heavy atom. The first-order valence-electron chi connectivity index (χ1n) is 14.4. The first-order chi connectivity index (χ1) is 20.8. The summed E-state index contributed by atoms with van der Waals surface area (Å²) in [5.41, 5.74) is 10.5. The quantitative estimate of drug-likeness (QED) is 0.224. The number of nitrogens with zero attached hydrogens (tertiary/aromatic N) is 3. The maximum absolute atomic E-state index is 6.71. The highest BCUT2D eigenvalue weighted by Crippen LogP contribution is 2.41. The molecule has 3 aromatic heterocycles. The van der Waals surface area contributed by atoms with Crippen LogP contribution in [0.1, 0.15) is 17.7 Å². The fourth-order valence-corrected chi connectivity index (χ4v) is 6.66. The van der Waals surface area contributed by atoms with E-state index in [-0.39, 0.29) is 0 Å². The van der Waals surface area contributed by atoms with Crippen molar-refractivity contribution in [3.8, 4) is 28.3 Å². The van der Waals surface area contributed by atoms with Crippen LogP contribution >= 0.6 is 0 Å². The minimum absolute atomic E-state index is 0.693. The lowest BCUT2D eigenvalue weighted by molar-refractivity contribution is 0.665. The minimum atomic E-state index is 0.693. The number of aromatic nitrogens is 3. The molecule has 1 aliphatic rings. The summed E-state index contributed by atoms with van der Waals surface area (Å²) in [7, 11) is 0. The molecule has 0 amide bonds. The fourth-order valence-electron chi connectivity index (χ4n) is 6.66. The van der Waals surface area contributed by atoms with Crippen LogP contribution in [0.2, 0.25) is 0 Å². The average molecular weight is 540 g/mol. The first kappa shape index (κ1) is 23.2. The average Bonchev–Trinajstić information content (AvgIpc) is 3.61. The van der Waals surface area contributed by atoms with Gasteiger partial charge < -0.3 is 8.98 Å². The molecule has 3 heterocycles. The van der Waals surface area contributed by atoms with Crippen LogP contribution in [-0.4, -0.2) is 14.5 Å². The molecule has 9 rings (SSSR count). The number of aryl methyl sites for hydroxylation is 1. The zero-order valence-electron chi connectivity index (χ0n) is 22.8. The summed E-state index contributed by atoms with van der Waals surface area (Å²) in [6.45, 7) is 0. The van der Waals surface area contributed by atoms with E-state index in [0.717, 1.165) is 68.2 Å². The number of rotatable bonds is 3. The molecule has 0 radical (unpaired) electrons. The Morgan fingerprint density at radius 1 is 0.667 bits per heavy atom. The molecule has 5 aromatic carbocycles. The van der Waals surface area contributed by atoms with Gasteiger partial charge in [-0.15, -0.1) is 0 Å². The van der Waals surface area contributed by atoms with Crippen LogP contribution in [0, 0.1) is 0 Å². The highest BCUT2D eigenvalue weighted by atomic mass is 16.3. The summed E-state index contributed by atoms with van der Waals surface area (Å²) in [5, 5.41) is 4.44. The summed E-state index contributed by atoms with van der Waals surface area (Å²) in [6.07, 6.45) is 6.65. The molecule has 0 unspecified atom stereocenters. The van der Waals surface area contributed by atoms with Gasteiger partial charge in [-0.2, -0.15) is 0 Å². The van der Waals surface area contributed by atoms with Crippen molar-refractivity contribution >= 4 is 49.8 Å². The molecule has 0 fully saturated rings. The molecule has 4 heteroatoms. The van der Waals surface area contributed by atoms with E-state index in [2.05, 4.69) is 102 Å². The van der Waals surface area contributed by atoms with Crippen molar-refractivity contribution in [2.75, 3.05) is 0 Å². The van der Waals surface area contributed by atoms with Gasteiger partial charge in [0.2, 0.25) is 0 Å². The molecule has 198 valence electrons. The normalized spacial score (nSPS) is 13.0. The Kier molecular flexibility index (Phi) is 4.99. The van der Waals surface area contributed by atoms with Gasteiger partial charge in [-0.05, 0) is 48.7 Å². The maximum atomic E-state index is 6.71. The molecule has 1 aliphatic carbocycles. The number of fused-ring (bicyclic) bond motifs is 7. The SMILES string of the molecule is C1=Cc2c(c3ccccc3n2-c2cccc3c2oc2cccc(-c4nc(-c5ccccc5)c5ccccc5n4)c23)CC1. The molecule has 0 saturated carbocycles. The Labute approximate surface area is 242 Å². The van der Waals surface area contributed by atoms with E-state index in [1.165, 1.54) is 22.2 Å². The second-order valence-electron chi connectivity index (χ2n) is 10.9. The van der Waals surface area contributed by atoms with Gasteiger partial charge in [0.15, 0.2) is 11.4 Å². The third kappa shape index (κ3) is 3.36. The van der Waals surface area contributed by atoms with E-state index in [1.54, 1.807) is 0 Å². The van der Waals surface area contributed by atoms with Crippen LogP contribution in [0.3, 0.4) is 0 Å². The minimum Gasteiger partial charge on any atom is -0.454 e. The number of para-hydroxylation sites is 3. The van der Waals surface area contributed by atoms with Gasteiger partial charge in [0.1, 0.15) is 5.58 Å². The monoisotopic (exact) mass is 539 g/mol. The topological polar surface area (TPSA) is 43.9 Å². The lowest BCUT2D eigenvalue weighted by atomic mass is 10.0. The highest BCUT2D eigenvalue weighted by molar-refractivity contribution is 6.14. The molecule has 8 aromatic rings. The predicted molar refractivity (Wildman–Crippen MR) is 172 cm³/mol. The van der Waals surface area contributed by atoms with Crippen LogP contribution in [0.4, 0.5) is 0 Å². The number of allylic oxidation sites excluding steroid dienone is 1. The van der Waals surface area contributed by atoms with Crippen molar-refractivity contribution in [1.82, 2.24) is 14.5 Å². The van der Waals surface area contributed by atoms with E-state index in [9.17, 15) is 0 Å². The zero-order chi connectivity index (χ0) is 27.6. The van der Waals surface area contributed by atoms with Crippen molar-refractivity contribution < 1.29 is 4.42 Å². The van der Waals surface area contributed by atoms with E-state index in [4.69, 9.17) is 14.4 Å². The summed E-state index contributed by atoms with van der Waals surface area (Å²) in [6, 6.07) is 39.9. The summed E-state index contributed by atoms with van der Waals surface area (Å²) in [4.78, 5) is 10.3. The number of furan rings is 1. The van der Waals surface area contributed by atoms with Gasteiger partial charge in [0.05, 0.1) is 22.4 Å². The Bertz CT molecular complexity index is 2360. The molecule has 42 heavy (non-hydrogen) atoms. The third-order valence-corrected chi connectivity index (χ3v) is 8.49. The van der Waals surface area contributed by atoms with Crippen LogP contribution in [-0.2, 0) is 6.42 Å². The van der Waals surface area contributed by atoms with Gasteiger partial charge in [0, 0.05) is 38.4 Å². The molecule has 0 aliphatic heterocycles. The van der Waals surface area contributed by atoms with Crippen molar-refractivity contribution in [3.05, 3.63) is 133 Å². The van der Waals surface area contributed by atoms with E-state index in [1.807, 2.05) is 30.3 Å². The number of hydrogen-bond acceptors (Lipinski definition) is 3. The largest absolute Gasteiger partial charge is 0.454 e. The third-order valence-electron chi connectivity index (χ3n) is 8.49. The van der Waals surface area contributed by atoms with Gasteiger partial charge in [-0.1, -0.05) is 97.1 Å². The maximum Gasteiger partial charge on any atom is 0.161 e. The molecule has 4 nitrogen and oxygen atoms in total. The highest BCUT2D eigenvalue weighted by Gasteiger charge is 2.23. The Hall–Kier alpha value is -5.48. The number of hydrogen-bond donors (Lipinski definition) is 0. The number of benzene rings is 5. The summed E-state index contributed by atoms with van der Waals surface area (Å²) in [5.74, 6) is 0.693. The Morgan fingerprint density at radius 3 is 2.38 bits per heavy atom. The summed E-state index contributed by atoms with van der Waals surface area (Å²) < 4.78 is 9.08. The van der Waals surface area contributed by atoms with E-state index in [0.29, 0.717) is 5.82 Å². The van der Waals surface area contributed by atoms with Crippen LogP contribution in [0.15, 0.2) is 126 Å². The van der Waals surface area contributed by atoms with Crippen LogP contribution < -0.4 is 0 Å². The van der Waals surface area contributed by atoms with Crippen LogP contribution in [0.5, 0.6) is 0 Å². The predicted octanol–water partition coefficient (Wildman–Crippen LogP) is 9.77. The van der Waals surface area contributed by atoms with Gasteiger partial charge >= 0.3 is 0 Å². The van der Waals surface area contributed by atoms with Gasteiger partial charge in [0.25, 0.3) is 0 Å². The fraction of sp³-hybridized carbons (Fsp3) is 0.0526. The van der Waals surface area contributed by atoms with Crippen LogP contribution in [0.25, 0.3) is 78.2 Å². The second-order valence-corrected chi connectivity index (χ2v) is 10.9. The van der Waals surface area contributed by atoms with Gasteiger partial charge in [-0.3, -0.25) is 0 Å². The van der Waals surface area contributed by atoms with Crippen molar-refractivity contribution in [2.45, 2.75) is 12.8 Å². The lowest BCUT2D eigenvalue weighted by Gasteiger charge is -2.12. The molecular weight excluding hydrogens is 514 g/mol. The molecule has 0 spiro atoms. The summed E-state index contributed by atoms with van der Waals surface area (Å²) >= 11 is 0. The van der Waals surface area contributed by atoms with E-state index >= 15 is 0 Å². The molecule has 0 saturated heterocycles. The van der Waals surface area contributed by atoms with Crippen molar-refractivity contribution in [1.29, 1.82) is 0 Å².